The third-order valence-corrected chi connectivity index (χ3v) is 2.52. The number of rotatable bonds is 4. The standard InChI is InChI=1S/C15H11F3O2/c16-15(17,18)10-14(19)11-6-8-13(9-7-11)20-12-4-2-1-3-5-12/h1-9H,10H2. The van der Waals surface area contributed by atoms with Gasteiger partial charge in [0.05, 0.1) is 0 Å². The Hall–Kier alpha value is -2.30. The molecule has 0 aliphatic carbocycles. The predicted molar refractivity (Wildman–Crippen MR) is 68.0 cm³/mol. The monoisotopic (exact) mass is 280 g/mol. The van der Waals surface area contributed by atoms with Crippen molar-refractivity contribution >= 4 is 5.78 Å². The van der Waals surface area contributed by atoms with E-state index >= 15 is 0 Å². The Morgan fingerprint density at radius 2 is 1.45 bits per heavy atom. The van der Waals surface area contributed by atoms with E-state index in [1.54, 1.807) is 24.3 Å². The van der Waals surface area contributed by atoms with Crippen LogP contribution in [0, 0.1) is 0 Å². The van der Waals surface area contributed by atoms with Gasteiger partial charge in [0.2, 0.25) is 0 Å². The number of ketones is 1. The minimum atomic E-state index is -4.49. The summed E-state index contributed by atoms with van der Waals surface area (Å²) in [6.45, 7) is 0. The SMILES string of the molecule is O=C(CC(F)(F)F)c1ccc(Oc2ccccc2)cc1. The molecule has 0 N–H and O–H groups in total. The molecule has 0 saturated heterocycles. The summed E-state index contributed by atoms with van der Waals surface area (Å²) in [5.74, 6) is 0.116. The maximum Gasteiger partial charge on any atom is 0.396 e. The molecule has 0 bridgehead atoms. The normalized spacial score (nSPS) is 11.2. The number of Topliss-reactive ketones (excluding diaryl/α,β-unsaturated/α-hetero) is 1. The topological polar surface area (TPSA) is 26.3 Å². The van der Waals surface area contributed by atoms with Gasteiger partial charge in [-0.15, -0.1) is 0 Å². The highest BCUT2D eigenvalue weighted by molar-refractivity contribution is 5.96. The second kappa shape index (κ2) is 5.77. The molecular weight excluding hydrogens is 269 g/mol. The molecule has 0 amide bonds. The van der Waals surface area contributed by atoms with E-state index in [0.29, 0.717) is 11.5 Å². The van der Waals surface area contributed by atoms with Crippen LogP contribution in [0.25, 0.3) is 0 Å². The Bertz CT molecular complexity index is 574. The van der Waals surface area contributed by atoms with E-state index in [0.717, 1.165) is 0 Å². The molecule has 0 aromatic heterocycles. The summed E-state index contributed by atoms with van der Waals surface area (Å²) in [5, 5.41) is 0. The van der Waals surface area contributed by atoms with Crippen molar-refractivity contribution in [3.8, 4) is 11.5 Å². The number of hydrogen-bond donors (Lipinski definition) is 0. The van der Waals surface area contributed by atoms with Crippen LogP contribution in [-0.4, -0.2) is 12.0 Å². The predicted octanol–water partition coefficient (Wildman–Crippen LogP) is 4.61. The Balaban J connectivity index is 2.05. The average molecular weight is 280 g/mol. The molecule has 0 radical (unpaired) electrons. The number of hydrogen-bond acceptors (Lipinski definition) is 2. The molecule has 2 nitrogen and oxygen atoms in total. The summed E-state index contributed by atoms with van der Waals surface area (Å²) in [5.41, 5.74) is 0.0164. The zero-order valence-electron chi connectivity index (χ0n) is 10.4. The van der Waals surface area contributed by atoms with Gasteiger partial charge < -0.3 is 4.74 Å². The van der Waals surface area contributed by atoms with Gasteiger partial charge in [-0.25, -0.2) is 0 Å². The van der Waals surface area contributed by atoms with E-state index in [-0.39, 0.29) is 5.56 Å². The van der Waals surface area contributed by atoms with Crippen LogP contribution in [0.4, 0.5) is 13.2 Å². The Morgan fingerprint density at radius 3 is 2.00 bits per heavy atom. The molecule has 0 aliphatic heterocycles. The third kappa shape index (κ3) is 4.12. The first kappa shape index (κ1) is 14.1. The number of benzene rings is 2. The highest BCUT2D eigenvalue weighted by Crippen LogP contribution is 2.24. The number of alkyl halides is 3. The van der Waals surface area contributed by atoms with Gasteiger partial charge in [0.1, 0.15) is 17.9 Å². The number of carbonyl (C=O) groups excluding carboxylic acids is 1. The lowest BCUT2D eigenvalue weighted by molar-refractivity contribution is -0.125. The summed E-state index contributed by atoms with van der Waals surface area (Å²) < 4.78 is 41.8. The fourth-order valence-corrected chi connectivity index (χ4v) is 1.62. The molecule has 2 aromatic rings. The van der Waals surface area contributed by atoms with Crippen molar-refractivity contribution < 1.29 is 22.7 Å². The van der Waals surface area contributed by atoms with Crippen LogP contribution in [0.15, 0.2) is 54.6 Å². The van der Waals surface area contributed by atoms with Crippen LogP contribution in [0.1, 0.15) is 16.8 Å². The lowest BCUT2D eigenvalue weighted by Crippen LogP contribution is -2.14. The van der Waals surface area contributed by atoms with Gasteiger partial charge in [0.15, 0.2) is 5.78 Å². The largest absolute Gasteiger partial charge is 0.457 e. The van der Waals surface area contributed by atoms with Crippen molar-refractivity contribution in [3.63, 3.8) is 0 Å². The lowest BCUT2D eigenvalue weighted by atomic mass is 10.1. The molecule has 0 unspecified atom stereocenters. The quantitative estimate of drug-likeness (QED) is 0.764. The lowest BCUT2D eigenvalue weighted by Gasteiger charge is -2.07. The van der Waals surface area contributed by atoms with Crippen molar-refractivity contribution in [3.05, 3.63) is 60.2 Å². The maximum atomic E-state index is 12.1. The van der Waals surface area contributed by atoms with Crippen molar-refractivity contribution in [2.75, 3.05) is 0 Å². The third-order valence-electron chi connectivity index (χ3n) is 2.52. The molecule has 0 fully saturated rings. The zero-order valence-corrected chi connectivity index (χ0v) is 10.4. The van der Waals surface area contributed by atoms with E-state index in [1.807, 2.05) is 6.07 Å². The highest BCUT2D eigenvalue weighted by Gasteiger charge is 2.31. The van der Waals surface area contributed by atoms with Gasteiger partial charge in [-0.05, 0) is 36.4 Å². The molecular formula is C15H11F3O2. The number of halogens is 3. The van der Waals surface area contributed by atoms with Crippen LogP contribution in [0.3, 0.4) is 0 Å². The zero-order chi connectivity index (χ0) is 14.6. The van der Waals surface area contributed by atoms with E-state index < -0.39 is 18.4 Å². The Labute approximate surface area is 113 Å². The maximum absolute atomic E-state index is 12.1. The average Bonchev–Trinajstić information content (AvgIpc) is 2.39. The van der Waals surface area contributed by atoms with Gasteiger partial charge >= 0.3 is 6.18 Å². The number of para-hydroxylation sites is 1. The molecule has 0 atom stereocenters. The molecule has 2 rings (SSSR count). The summed E-state index contributed by atoms with van der Waals surface area (Å²) >= 11 is 0. The highest BCUT2D eigenvalue weighted by atomic mass is 19.4. The fourth-order valence-electron chi connectivity index (χ4n) is 1.62. The van der Waals surface area contributed by atoms with Crippen molar-refractivity contribution in [2.24, 2.45) is 0 Å². The first-order valence-corrected chi connectivity index (χ1v) is 5.87. The summed E-state index contributed by atoms with van der Waals surface area (Å²) in [4.78, 5) is 11.4. The molecule has 0 spiro atoms. The molecule has 0 saturated carbocycles. The van der Waals surface area contributed by atoms with Crippen LogP contribution in [0.5, 0.6) is 11.5 Å². The molecule has 2 aromatic carbocycles. The number of ether oxygens (including phenoxy) is 1. The van der Waals surface area contributed by atoms with Gasteiger partial charge in [0.25, 0.3) is 0 Å². The second-order valence-electron chi connectivity index (χ2n) is 4.15. The Kier molecular flexibility index (Phi) is 4.08. The summed E-state index contributed by atoms with van der Waals surface area (Å²) in [7, 11) is 0. The van der Waals surface area contributed by atoms with E-state index in [9.17, 15) is 18.0 Å². The van der Waals surface area contributed by atoms with Gasteiger partial charge in [-0.3, -0.25) is 4.79 Å². The Morgan fingerprint density at radius 1 is 0.900 bits per heavy atom. The second-order valence-corrected chi connectivity index (χ2v) is 4.15. The van der Waals surface area contributed by atoms with Crippen molar-refractivity contribution in [1.82, 2.24) is 0 Å². The summed E-state index contributed by atoms with van der Waals surface area (Å²) in [6, 6.07) is 14.5. The van der Waals surface area contributed by atoms with Crippen LogP contribution < -0.4 is 4.74 Å². The molecule has 20 heavy (non-hydrogen) atoms. The summed E-state index contributed by atoms with van der Waals surface area (Å²) in [6.07, 6.45) is -5.94. The smallest absolute Gasteiger partial charge is 0.396 e. The number of carbonyl (C=O) groups is 1. The van der Waals surface area contributed by atoms with E-state index in [2.05, 4.69) is 0 Å². The molecule has 0 heterocycles. The van der Waals surface area contributed by atoms with Crippen molar-refractivity contribution in [1.29, 1.82) is 0 Å². The van der Waals surface area contributed by atoms with E-state index in [4.69, 9.17) is 4.74 Å². The van der Waals surface area contributed by atoms with Gasteiger partial charge in [-0.2, -0.15) is 13.2 Å². The van der Waals surface area contributed by atoms with Crippen LogP contribution in [-0.2, 0) is 0 Å². The molecule has 5 heteroatoms. The minimum Gasteiger partial charge on any atom is -0.457 e. The first-order valence-electron chi connectivity index (χ1n) is 5.87. The first-order chi connectivity index (χ1) is 9.44. The van der Waals surface area contributed by atoms with Crippen molar-refractivity contribution in [2.45, 2.75) is 12.6 Å². The van der Waals surface area contributed by atoms with Gasteiger partial charge in [-0.1, -0.05) is 18.2 Å². The molecule has 0 aliphatic rings. The fraction of sp³-hybridized carbons (Fsp3) is 0.133. The van der Waals surface area contributed by atoms with Crippen LogP contribution >= 0.6 is 0 Å². The van der Waals surface area contributed by atoms with Gasteiger partial charge in [0, 0.05) is 5.56 Å². The molecule has 104 valence electrons. The van der Waals surface area contributed by atoms with Crippen LogP contribution in [0.2, 0.25) is 0 Å². The minimum absolute atomic E-state index is 0.0164. The van der Waals surface area contributed by atoms with E-state index in [1.165, 1.54) is 24.3 Å².